The molecule has 0 radical (unpaired) electrons. The zero-order chi connectivity index (χ0) is 18.6. The maximum Gasteiger partial charge on any atom is 0.124 e. The summed E-state index contributed by atoms with van der Waals surface area (Å²) in [6, 6.07) is 9.61. The number of aromatic hydroxyl groups is 2. The Balaban J connectivity index is 2.14. The zero-order valence-corrected chi connectivity index (χ0v) is 15.8. The molecule has 0 heterocycles. The standard InChI is InChI=1S/C19H20Cl2N2O2/c1-11(23-13(3)17-9-15(21)5-7-19(17)25)10-22-12(2)16-8-14(20)4-6-18(16)24/h4-9,11,24-25H,10H2,1-3H3. The molecular formula is C19H20Cl2N2O2. The highest BCUT2D eigenvalue weighted by atomic mass is 35.5. The van der Waals surface area contributed by atoms with Crippen molar-refractivity contribution in [2.24, 2.45) is 9.98 Å². The van der Waals surface area contributed by atoms with Crippen molar-refractivity contribution in [2.45, 2.75) is 26.8 Å². The quantitative estimate of drug-likeness (QED) is 0.709. The van der Waals surface area contributed by atoms with Crippen LogP contribution in [-0.4, -0.2) is 34.2 Å². The first-order valence-electron chi connectivity index (χ1n) is 7.81. The first kappa shape index (κ1) is 19.3. The van der Waals surface area contributed by atoms with Gasteiger partial charge in [0.25, 0.3) is 0 Å². The van der Waals surface area contributed by atoms with Crippen LogP contribution in [0.25, 0.3) is 0 Å². The van der Waals surface area contributed by atoms with Gasteiger partial charge < -0.3 is 10.2 Å². The van der Waals surface area contributed by atoms with E-state index in [1.54, 1.807) is 36.4 Å². The Kier molecular flexibility index (Phi) is 6.45. The summed E-state index contributed by atoms with van der Waals surface area (Å²) in [4.78, 5) is 9.04. The van der Waals surface area contributed by atoms with Gasteiger partial charge in [-0.3, -0.25) is 9.98 Å². The minimum atomic E-state index is -0.102. The van der Waals surface area contributed by atoms with Gasteiger partial charge in [-0.1, -0.05) is 23.2 Å². The van der Waals surface area contributed by atoms with E-state index in [9.17, 15) is 10.2 Å². The Labute approximate surface area is 157 Å². The predicted octanol–water partition coefficient (Wildman–Crippen LogP) is 5.11. The van der Waals surface area contributed by atoms with Crippen molar-refractivity contribution in [3.05, 3.63) is 57.6 Å². The lowest BCUT2D eigenvalue weighted by Crippen LogP contribution is -2.10. The van der Waals surface area contributed by atoms with E-state index in [2.05, 4.69) is 9.98 Å². The average molecular weight is 379 g/mol. The Morgan fingerprint density at radius 2 is 1.40 bits per heavy atom. The van der Waals surface area contributed by atoms with Crippen molar-refractivity contribution in [3.8, 4) is 11.5 Å². The minimum Gasteiger partial charge on any atom is -0.507 e. The van der Waals surface area contributed by atoms with E-state index in [-0.39, 0.29) is 17.5 Å². The second kappa shape index (κ2) is 8.37. The highest BCUT2D eigenvalue weighted by molar-refractivity contribution is 6.31. The molecule has 25 heavy (non-hydrogen) atoms. The highest BCUT2D eigenvalue weighted by Crippen LogP contribution is 2.23. The summed E-state index contributed by atoms with van der Waals surface area (Å²) in [5, 5.41) is 20.9. The van der Waals surface area contributed by atoms with Crippen LogP contribution in [0.4, 0.5) is 0 Å². The maximum absolute atomic E-state index is 9.93. The van der Waals surface area contributed by atoms with Gasteiger partial charge in [0.05, 0.1) is 12.6 Å². The molecule has 0 saturated heterocycles. The molecule has 2 aromatic carbocycles. The fourth-order valence-electron chi connectivity index (χ4n) is 2.39. The number of phenols is 2. The van der Waals surface area contributed by atoms with E-state index < -0.39 is 0 Å². The molecule has 132 valence electrons. The van der Waals surface area contributed by atoms with Gasteiger partial charge in [-0.05, 0) is 57.2 Å². The van der Waals surface area contributed by atoms with E-state index in [0.29, 0.717) is 39.1 Å². The molecule has 0 amide bonds. The first-order chi connectivity index (χ1) is 11.8. The molecule has 0 aromatic heterocycles. The van der Waals surface area contributed by atoms with Crippen LogP contribution in [0.3, 0.4) is 0 Å². The monoisotopic (exact) mass is 378 g/mol. The summed E-state index contributed by atoms with van der Waals surface area (Å²) >= 11 is 11.9. The third-order valence-corrected chi connectivity index (χ3v) is 4.17. The maximum atomic E-state index is 9.93. The second-order valence-corrected chi connectivity index (χ2v) is 6.69. The first-order valence-corrected chi connectivity index (χ1v) is 8.56. The summed E-state index contributed by atoms with van der Waals surface area (Å²) in [5.74, 6) is 0.281. The molecule has 0 bridgehead atoms. The van der Waals surface area contributed by atoms with Crippen LogP contribution >= 0.6 is 23.2 Å². The minimum absolute atomic E-state index is 0.102. The van der Waals surface area contributed by atoms with Gasteiger partial charge in [-0.2, -0.15) is 0 Å². The molecule has 2 rings (SSSR count). The van der Waals surface area contributed by atoms with Gasteiger partial charge >= 0.3 is 0 Å². The lowest BCUT2D eigenvalue weighted by atomic mass is 10.1. The lowest BCUT2D eigenvalue weighted by molar-refractivity contribution is 0.473. The van der Waals surface area contributed by atoms with Crippen LogP contribution < -0.4 is 0 Å². The van der Waals surface area contributed by atoms with Crippen LogP contribution in [-0.2, 0) is 0 Å². The van der Waals surface area contributed by atoms with Gasteiger partial charge in [0.1, 0.15) is 11.5 Å². The molecule has 4 nitrogen and oxygen atoms in total. The summed E-state index contributed by atoms with van der Waals surface area (Å²) in [5.41, 5.74) is 2.58. The number of phenolic OH excluding ortho intramolecular Hbond substituents is 2. The molecule has 6 heteroatoms. The largest absolute Gasteiger partial charge is 0.507 e. The zero-order valence-electron chi connectivity index (χ0n) is 14.3. The van der Waals surface area contributed by atoms with Crippen LogP contribution in [0.1, 0.15) is 31.9 Å². The summed E-state index contributed by atoms with van der Waals surface area (Å²) in [6.07, 6.45) is 0. The van der Waals surface area contributed by atoms with Crippen molar-refractivity contribution in [1.82, 2.24) is 0 Å². The molecule has 0 aliphatic rings. The number of hydrogen-bond donors (Lipinski definition) is 2. The number of aliphatic imine (C=N–C) groups is 2. The van der Waals surface area contributed by atoms with E-state index in [1.807, 2.05) is 20.8 Å². The van der Waals surface area contributed by atoms with Crippen LogP contribution in [0.5, 0.6) is 11.5 Å². The van der Waals surface area contributed by atoms with Gasteiger partial charge in [0, 0.05) is 32.6 Å². The number of halogens is 2. The highest BCUT2D eigenvalue weighted by Gasteiger charge is 2.09. The van der Waals surface area contributed by atoms with E-state index in [0.717, 1.165) is 0 Å². The second-order valence-electron chi connectivity index (χ2n) is 5.81. The fraction of sp³-hybridized carbons (Fsp3) is 0.263. The van der Waals surface area contributed by atoms with Gasteiger partial charge in [0.15, 0.2) is 0 Å². The van der Waals surface area contributed by atoms with E-state index >= 15 is 0 Å². The van der Waals surface area contributed by atoms with Crippen LogP contribution in [0.15, 0.2) is 46.4 Å². The molecule has 2 N–H and O–H groups in total. The summed E-state index contributed by atoms with van der Waals surface area (Å²) < 4.78 is 0. The number of benzene rings is 2. The van der Waals surface area contributed by atoms with E-state index in [1.165, 1.54) is 0 Å². The number of rotatable bonds is 5. The molecule has 0 spiro atoms. The van der Waals surface area contributed by atoms with Crippen molar-refractivity contribution in [1.29, 1.82) is 0 Å². The van der Waals surface area contributed by atoms with Crippen molar-refractivity contribution in [2.75, 3.05) is 6.54 Å². The number of nitrogens with zero attached hydrogens (tertiary/aromatic N) is 2. The topological polar surface area (TPSA) is 65.2 Å². The molecule has 1 atom stereocenters. The molecule has 1 unspecified atom stereocenters. The van der Waals surface area contributed by atoms with Gasteiger partial charge in [-0.15, -0.1) is 0 Å². The molecule has 0 aliphatic heterocycles. The van der Waals surface area contributed by atoms with Gasteiger partial charge in [0.2, 0.25) is 0 Å². The van der Waals surface area contributed by atoms with E-state index in [4.69, 9.17) is 23.2 Å². The molecule has 2 aromatic rings. The van der Waals surface area contributed by atoms with Crippen molar-refractivity contribution >= 4 is 34.6 Å². The van der Waals surface area contributed by atoms with Crippen LogP contribution in [0.2, 0.25) is 10.0 Å². The summed E-state index contributed by atoms with van der Waals surface area (Å²) in [7, 11) is 0. The average Bonchev–Trinajstić information content (AvgIpc) is 2.57. The number of hydrogen-bond acceptors (Lipinski definition) is 4. The molecular weight excluding hydrogens is 359 g/mol. The lowest BCUT2D eigenvalue weighted by Gasteiger charge is -2.10. The Morgan fingerprint density at radius 1 is 0.920 bits per heavy atom. The summed E-state index contributed by atoms with van der Waals surface area (Å²) in [6.45, 7) is 6.01. The molecule has 0 aliphatic carbocycles. The third-order valence-electron chi connectivity index (χ3n) is 3.70. The van der Waals surface area contributed by atoms with Crippen molar-refractivity contribution in [3.63, 3.8) is 0 Å². The van der Waals surface area contributed by atoms with Crippen molar-refractivity contribution < 1.29 is 10.2 Å². The van der Waals surface area contributed by atoms with Crippen LogP contribution in [0, 0.1) is 0 Å². The Bertz CT molecular complexity index is 832. The Hall–Kier alpha value is -2.04. The normalized spacial score (nSPS) is 13.8. The smallest absolute Gasteiger partial charge is 0.124 e. The molecule has 0 fully saturated rings. The SMILES string of the molecule is CC(=NCC(C)N=C(C)c1cc(Cl)ccc1O)c1cc(Cl)ccc1O. The van der Waals surface area contributed by atoms with Gasteiger partial charge in [-0.25, -0.2) is 0 Å². The fourth-order valence-corrected chi connectivity index (χ4v) is 2.74. The molecule has 0 saturated carbocycles. The predicted molar refractivity (Wildman–Crippen MR) is 105 cm³/mol. The Morgan fingerprint density at radius 3 is 1.92 bits per heavy atom. The third kappa shape index (κ3) is 5.21.